The number of anilines is 1. The molecule has 0 aliphatic heterocycles. The maximum absolute atomic E-state index is 12.0. The Morgan fingerprint density at radius 1 is 1.53 bits per heavy atom. The van der Waals surface area contributed by atoms with Crippen LogP contribution in [-0.4, -0.2) is 24.5 Å². The van der Waals surface area contributed by atoms with Crippen molar-refractivity contribution >= 4 is 23.4 Å². The summed E-state index contributed by atoms with van der Waals surface area (Å²) < 4.78 is 0. The number of aryl methyl sites for hydroxylation is 1. The molecule has 0 saturated heterocycles. The first-order valence-electron chi connectivity index (χ1n) is 5.68. The van der Waals surface area contributed by atoms with Crippen molar-refractivity contribution in [2.45, 2.75) is 13.8 Å². The lowest BCUT2D eigenvalue weighted by Gasteiger charge is -2.12. The molecule has 17 heavy (non-hydrogen) atoms. The number of amides is 1. The van der Waals surface area contributed by atoms with Crippen molar-refractivity contribution < 1.29 is 4.79 Å². The summed E-state index contributed by atoms with van der Waals surface area (Å²) in [6.07, 6.45) is 2.07. The quantitative estimate of drug-likeness (QED) is 0.791. The monoisotopic (exact) mass is 252 g/mol. The number of hydrogen-bond donors (Lipinski definition) is 2. The molecule has 0 saturated carbocycles. The molecule has 1 atom stereocenters. The fraction of sp³-hybridized carbons (Fsp3) is 0.462. The van der Waals surface area contributed by atoms with E-state index in [0.29, 0.717) is 23.7 Å². The lowest BCUT2D eigenvalue weighted by Crippen LogP contribution is -2.29. The van der Waals surface area contributed by atoms with Gasteiger partial charge in [0, 0.05) is 17.8 Å². The predicted molar refractivity (Wildman–Crippen MR) is 75.5 cm³/mol. The molecule has 0 aromatic heterocycles. The van der Waals surface area contributed by atoms with Crippen molar-refractivity contribution in [2.75, 3.05) is 24.3 Å². The Morgan fingerprint density at radius 2 is 2.24 bits per heavy atom. The van der Waals surface area contributed by atoms with Gasteiger partial charge in [-0.1, -0.05) is 13.0 Å². The van der Waals surface area contributed by atoms with Crippen molar-refractivity contribution in [3.8, 4) is 0 Å². The first kappa shape index (κ1) is 13.9. The minimum atomic E-state index is -0.0391. The number of nitrogen functional groups attached to an aromatic ring is 1. The Labute approximate surface area is 107 Å². The van der Waals surface area contributed by atoms with Gasteiger partial charge < -0.3 is 11.1 Å². The van der Waals surface area contributed by atoms with E-state index in [1.165, 1.54) is 0 Å². The molecular formula is C13H20N2OS. The third-order valence-electron chi connectivity index (χ3n) is 2.57. The number of nitrogens with one attached hydrogen (secondary N) is 1. The average Bonchev–Trinajstić information content (AvgIpc) is 2.29. The second-order valence-electron chi connectivity index (χ2n) is 4.34. The van der Waals surface area contributed by atoms with E-state index in [9.17, 15) is 4.79 Å². The molecule has 94 valence electrons. The molecule has 1 amide bonds. The van der Waals surface area contributed by atoms with Crippen LogP contribution < -0.4 is 11.1 Å². The largest absolute Gasteiger partial charge is 0.399 e. The predicted octanol–water partition coefficient (Wildman–Crippen LogP) is 2.31. The first-order chi connectivity index (χ1) is 8.04. The van der Waals surface area contributed by atoms with Gasteiger partial charge in [0.1, 0.15) is 0 Å². The zero-order chi connectivity index (χ0) is 12.8. The van der Waals surface area contributed by atoms with Crippen LogP contribution in [0.25, 0.3) is 0 Å². The minimum Gasteiger partial charge on any atom is -0.399 e. The van der Waals surface area contributed by atoms with Crippen molar-refractivity contribution in [2.24, 2.45) is 5.92 Å². The highest BCUT2D eigenvalue weighted by Crippen LogP contribution is 2.12. The van der Waals surface area contributed by atoms with Crippen LogP contribution in [0.4, 0.5) is 5.69 Å². The van der Waals surface area contributed by atoms with Crippen LogP contribution in [0.5, 0.6) is 0 Å². The maximum atomic E-state index is 12.0. The van der Waals surface area contributed by atoms with Crippen molar-refractivity contribution in [1.29, 1.82) is 0 Å². The van der Waals surface area contributed by atoms with Crippen LogP contribution in [0, 0.1) is 12.8 Å². The molecule has 3 N–H and O–H groups in total. The fourth-order valence-corrected chi connectivity index (χ4v) is 2.28. The van der Waals surface area contributed by atoms with Gasteiger partial charge in [-0.3, -0.25) is 4.79 Å². The molecule has 0 heterocycles. The van der Waals surface area contributed by atoms with Crippen LogP contribution in [0.1, 0.15) is 22.8 Å². The highest BCUT2D eigenvalue weighted by atomic mass is 32.2. The van der Waals surface area contributed by atoms with E-state index < -0.39 is 0 Å². The van der Waals surface area contributed by atoms with E-state index in [1.807, 2.05) is 19.1 Å². The van der Waals surface area contributed by atoms with Gasteiger partial charge in [0.05, 0.1) is 0 Å². The number of benzene rings is 1. The van der Waals surface area contributed by atoms with Crippen molar-refractivity contribution in [3.63, 3.8) is 0 Å². The van der Waals surface area contributed by atoms with Gasteiger partial charge in [-0.2, -0.15) is 11.8 Å². The topological polar surface area (TPSA) is 55.1 Å². The lowest BCUT2D eigenvalue weighted by molar-refractivity contribution is 0.0948. The molecule has 3 nitrogen and oxygen atoms in total. The summed E-state index contributed by atoms with van der Waals surface area (Å²) >= 11 is 1.79. The normalized spacial score (nSPS) is 12.2. The van der Waals surface area contributed by atoms with E-state index in [-0.39, 0.29) is 5.91 Å². The zero-order valence-corrected chi connectivity index (χ0v) is 11.4. The van der Waals surface area contributed by atoms with Crippen LogP contribution >= 0.6 is 11.8 Å². The summed E-state index contributed by atoms with van der Waals surface area (Å²) in [5.74, 6) is 1.49. The van der Waals surface area contributed by atoms with Gasteiger partial charge in [0.25, 0.3) is 5.91 Å². The van der Waals surface area contributed by atoms with Gasteiger partial charge in [-0.15, -0.1) is 0 Å². The van der Waals surface area contributed by atoms with E-state index in [1.54, 1.807) is 17.8 Å². The van der Waals surface area contributed by atoms with E-state index in [2.05, 4.69) is 18.5 Å². The number of hydrogen-bond acceptors (Lipinski definition) is 3. The molecule has 4 heteroatoms. The highest BCUT2D eigenvalue weighted by Gasteiger charge is 2.10. The van der Waals surface area contributed by atoms with Crippen LogP contribution in [0.3, 0.4) is 0 Å². The fourth-order valence-electron chi connectivity index (χ4n) is 1.59. The van der Waals surface area contributed by atoms with Crippen LogP contribution in [0.2, 0.25) is 0 Å². The molecule has 1 rings (SSSR count). The van der Waals surface area contributed by atoms with E-state index in [0.717, 1.165) is 11.3 Å². The Balaban J connectivity index is 2.61. The third-order valence-corrected chi connectivity index (χ3v) is 3.47. The summed E-state index contributed by atoms with van der Waals surface area (Å²) in [7, 11) is 0. The van der Waals surface area contributed by atoms with Gasteiger partial charge in [0.15, 0.2) is 0 Å². The molecule has 1 aromatic carbocycles. The Bertz CT molecular complexity index is 393. The molecule has 0 spiro atoms. The zero-order valence-electron chi connectivity index (χ0n) is 10.6. The molecule has 0 fully saturated rings. The molecule has 0 aliphatic rings. The van der Waals surface area contributed by atoms with Gasteiger partial charge in [-0.25, -0.2) is 0 Å². The summed E-state index contributed by atoms with van der Waals surface area (Å²) in [6.45, 7) is 4.75. The smallest absolute Gasteiger partial charge is 0.251 e. The van der Waals surface area contributed by atoms with E-state index in [4.69, 9.17) is 5.73 Å². The van der Waals surface area contributed by atoms with Crippen LogP contribution in [0.15, 0.2) is 18.2 Å². The van der Waals surface area contributed by atoms with Gasteiger partial charge in [0.2, 0.25) is 0 Å². The second kappa shape index (κ2) is 6.55. The summed E-state index contributed by atoms with van der Waals surface area (Å²) in [4.78, 5) is 12.0. The summed E-state index contributed by atoms with van der Waals surface area (Å²) in [6, 6.07) is 5.40. The number of carbonyl (C=O) groups excluding carboxylic acids is 1. The van der Waals surface area contributed by atoms with Crippen molar-refractivity contribution in [3.05, 3.63) is 29.3 Å². The molecule has 1 unspecified atom stereocenters. The summed E-state index contributed by atoms with van der Waals surface area (Å²) in [5.41, 5.74) is 7.93. The van der Waals surface area contributed by atoms with Gasteiger partial charge in [-0.05, 0) is 42.5 Å². The highest BCUT2D eigenvalue weighted by molar-refractivity contribution is 7.98. The molecule has 0 bridgehead atoms. The third kappa shape index (κ3) is 4.30. The lowest BCUT2D eigenvalue weighted by atomic mass is 10.1. The molecular weight excluding hydrogens is 232 g/mol. The number of rotatable bonds is 5. The van der Waals surface area contributed by atoms with Crippen molar-refractivity contribution in [1.82, 2.24) is 5.32 Å². The molecule has 0 radical (unpaired) electrons. The standard InChI is InChI=1S/C13H20N2OS/c1-9(8-17-3)7-15-13(16)12-6-11(14)5-4-10(12)2/h4-6,9H,7-8,14H2,1-3H3,(H,15,16). The molecule has 1 aromatic rings. The molecule has 0 aliphatic carbocycles. The summed E-state index contributed by atoms with van der Waals surface area (Å²) in [5, 5.41) is 2.94. The number of thioether (sulfide) groups is 1. The number of nitrogens with two attached hydrogens (primary N) is 1. The Hall–Kier alpha value is -1.16. The Kier molecular flexibility index (Phi) is 5.35. The number of carbonyl (C=O) groups is 1. The maximum Gasteiger partial charge on any atom is 0.251 e. The minimum absolute atomic E-state index is 0.0391. The first-order valence-corrected chi connectivity index (χ1v) is 7.07. The van der Waals surface area contributed by atoms with Gasteiger partial charge >= 0.3 is 0 Å². The van der Waals surface area contributed by atoms with E-state index >= 15 is 0 Å². The average molecular weight is 252 g/mol. The van der Waals surface area contributed by atoms with Crippen LogP contribution in [-0.2, 0) is 0 Å². The Morgan fingerprint density at radius 3 is 2.88 bits per heavy atom. The second-order valence-corrected chi connectivity index (χ2v) is 5.26. The SMILES string of the molecule is CSCC(C)CNC(=O)c1cc(N)ccc1C.